The predicted octanol–water partition coefficient (Wildman–Crippen LogP) is 4.23. The highest BCUT2D eigenvalue weighted by atomic mass is 32.2. The Morgan fingerprint density at radius 3 is 2.59 bits per heavy atom. The molecule has 7 nitrogen and oxygen atoms in total. The molecule has 0 radical (unpaired) electrons. The maximum Gasteiger partial charge on any atom is 0.240 e. The van der Waals surface area contributed by atoms with Crippen LogP contribution in [0.3, 0.4) is 0 Å². The first-order valence-corrected chi connectivity index (χ1v) is 12.3. The van der Waals surface area contributed by atoms with Crippen molar-refractivity contribution in [2.24, 2.45) is 5.14 Å². The molecule has 3 aromatic rings. The summed E-state index contributed by atoms with van der Waals surface area (Å²) in [6.07, 6.45) is 1.84. The molecule has 1 aromatic heterocycles. The van der Waals surface area contributed by atoms with Gasteiger partial charge in [-0.3, -0.25) is 0 Å². The lowest BCUT2D eigenvalue weighted by Gasteiger charge is -2.25. The molecule has 8 heteroatoms. The van der Waals surface area contributed by atoms with Gasteiger partial charge in [0.25, 0.3) is 0 Å². The number of benzene rings is 2. The van der Waals surface area contributed by atoms with Gasteiger partial charge in [0.05, 0.1) is 30.1 Å². The molecule has 1 atom stereocenters. The smallest absolute Gasteiger partial charge is 0.240 e. The van der Waals surface area contributed by atoms with Crippen molar-refractivity contribution in [3.8, 4) is 5.75 Å². The third kappa shape index (κ3) is 4.87. The molecule has 0 bridgehead atoms. The summed E-state index contributed by atoms with van der Waals surface area (Å²) in [6.45, 7) is 7.39. The lowest BCUT2D eigenvalue weighted by Crippen LogP contribution is -2.26. The van der Waals surface area contributed by atoms with Crippen LogP contribution < -0.4 is 15.2 Å². The molecule has 32 heavy (non-hydrogen) atoms. The molecule has 0 saturated carbocycles. The number of hydrogen-bond donors (Lipinski definition) is 2. The lowest BCUT2D eigenvalue weighted by atomic mass is 9.98. The van der Waals surface area contributed by atoms with Crippen molar-refractivity contribution in [3.05, 3.63) is 59.3 Å². The number of hydrogen-bond acceptors (Lipinski definition) is 6. The predicted molar refractivity (Wildman–Crippen MR) is 126 cm³/mol. The van der Waals surface area contributed by atoms with Crippen molar-refractivity contribution >= 4 is 26.6 Å². The molecule has 0 amide bonds. The van der Waals surface area contributed by atoms with E-state index in [1.54, 1.807) is 18.2 Å². The number of primary sulfonamides is 1. The minimum absolute atomic E-state index is 0.0707. The number of aromatic nitrogens is 1. The number of para-hydroxylation sites is 1. The monoisotopic (exact) mass is 455 g/mol. The Morgan fingerprint density at radius 2 is 1.88 bits per heavy atom. The number of fused-ring (bicyclic) bond motifs is 1. The van der Waals surface area contributed by atoms with Crippen LogP contribution >= 0.6 is 0 Å². The van der Waals surface area contributed by atoms with Crippen LogP contribution in [0.2, 0.25) is 0 Å². The number of pyridine rings is 1. The second kappa shape index (κ2) is 9.05. The van der Waals surface area contributed by atoms with Crippen LogP contribution in [-0.2, 0) is 14.8 Å². The van der Waals surface area contributed by atoms with Crippen LogP contribution in [0.1, 0.15) is 42.6 Å². The highest BCUT2D eigenvalue weighted by molar-refractivity contribution is 7.89. The molecule has 0 unspecified atom stereocenters. The van der Waals surface area contributed by atoms with Crippen LogP contribution in [0.25, 0.3) is 10.9 Å². The van der Waals surface area contributed by atoms with E-state index in [1.165, 1.54) is 6.07 Å². The van der Waals surface area contributed by atoms with Gasteiger partial charge in [-0.25, -0.2) is 18.5 Å². The molecular weight excluding hydrogens is 426 g/mol. The molecule has 170 valence electrons. The van der Waals surface area contributed by atoms with Crippen LogP contribution in [0.4, 0.5) is 5.69 Å². The van der Waals surface area contributed by atoms with Gasteiger partial charge in [-0.2, -0.15) is 0 Å². The van der Waals surface area contributed by atoms with Gasteiger partial charge in [-0.05, 0) is 56.2 Å². The van der Waals surface area contributed by atoms with Gasteiger partial charge in [0.2, 0.25) is 10.0 Å². The van der Waals surface area contributed by atoms with E-state index in [4.69, 9.17) is 19.6 Å². The second-order valence-corrected chi connectivity index (χ2v) is 9.86. The van der Waals surface area contributed by atoms with Gasteiger partial charge in [0.1, 0.15) is 16.7 Å². The first-order chi connectivity index (χ1) is 15.2. The summed E-state index contributed by atoms with van der Waals surface area (Å²) in [4.78, 5) is 4.88. The van der Waals surface area contributed by atoms with Gasteiger partial charge in [0.15, 0.2) is 0 Å². The number of rotatable bonds is 6. The average molecular weight is 456 g/mol. The van der Waals surface area contributed by atoms with Crippen molar-refractivity contribution < 1.29 is 17.9 Å². The average Bonchev–Trinajstić information content (AvgIpc) is 2.74. The third-order valence-electron chi connectivity index (χ3n) is 5.75. The minimum atomic E-state index is -3.85. The van der Waals surface area contributed by atoms with Gasteiger partial charge in [-0.1, -0.05) is 18.2 Å². The second-order valence-electron chi connectivity index (χ2n) is 8.33. The number of ether oxygens (including phenoxy) is 2. The summed E-state index contributed by atoms with van der Waals surface area (Å²) < 4.78 is 35.7. The molecule has 1 fully saturated rings. The van der Waals surface area contributed by atoms with Crippen LogP contribution in [-0.4, -0.2) is 32.7 Å². The third-order valence-corrected chi connectivity index (χ3v) is 6.72. The Bertz CT molecular complexity index is 1240. The Morgan fingerprint density at radius 1 is 1.16 bits per heavy atom. The first kappa shape index (κ1) is 22.5. The number of nitrogens with one attached hydrogen (secondary N) is 1. The fourth-order valence-electron chi connectivity index (χ4n) is 4.12. The molecule has 1 aliphatic heterocycles. The van der Waals surface area contributed by atoms with E-state index in [0.717, 1.165) is 46.3 Å². The fourth-order valence-corrected chi connectivity index (χ4v) is 4.82. The van der Waals surface area contributed by atoms with Gasteiger partial charge in [-0.15, -0.1) is 0 Å². The molecule has 2 heterocycles. The van der Waals surface area contributed by atoms with Crippen LogP contribution in [0.15, 0.2) is 47.4 Å². The molecule has 1 aliphatic rings. The van der Waals surface area contributed by atoms with E-state index in [9.17, 15) is 8.42 Å². The Balaban J connectivity index is 1.72. The first-order valence-electron chi connectivity index (χ1n) is 10.8. The van der Waals surface area contributed by atoms with E-state index in [1.807, 2.05) is 26.8 Å². The Hall–Kier alpha value is -2.68. The van der Waals surface area contributed by atoms with Gasteiger partial charge in [0, 0.05) is 24.3 Å². The van der Waals surface area contributed by atoms with Crippen molar-refractivity contribution in [2.75, 3.05) is 18.5 Å². The zero-order chi connectivity index (χ0) is 22.9. The number of aryl methyl sites for hydroxylation is 2. The summed E-state index contributed by atoms with van der Waals surface area (Å²) in [6, 6.07) is 12.7. The number of sulfonamides is 1. The lowest BCUT2D eigenvalue weighted by molar-refractivity contribution is 0.0252. The Kier molecular flexibility index (Phi) is 6.37. The quantitative estimate of drug-likeness (QED) is 0.576. The van der Waals surface area contributed by atoms with Crippen molar-refractivity contribution in [3.63, 3.8) is 0 Å². The van der Waals surface area contributed by atoms with Gasteiger partial charge < -0.3 is 14.8 Å². The van der Waals surface area contributed by atoms with Crippen LogP contribution in [0, 0.1) is 13.8 Å². The topological polar surface area (TPSA) is 104 Å². The molecule has 2 aromatic carbocycles. The SMILES string of the molecule is Cc1cc([C@H](C)Nc2ccccc2S(N)(=O)=O)c2cc(OC3CCOCC3)c(C)nc2c1. The normalized spacial score (nSPS) is 16.1. The maximum atomic E-state index is 12.0. The molecule has 3 N–H and O–H groups in total. The van der Waals surface area contributed by atoms with E-state index < -0.39 is 10.0 Å². The Labute approximate surface area is 189 Å². The van der Waals surface area contributed by atoms with Crippen molar-refractivity contribution in [1.29, 1.82) is 0 Å². The maximum absolute atomic E-state index is 12.0. The number of nitrogens with two attached hydrogens (primary N) is 1. The summed E-state index contributed by atoms with van der Waals surface area (Å²) in [5, 5.41) is 9.70. The van der Waals surface area contributed by atoms with Crippen molar-refractivity contribution in [1.82, 2.24) is 4.98 Å². The van der Waals surface area contributed by atoms with Gasteiger partial charge >= 0.3 is 0 Å². The van der Waals surface area contributed by atoms with E-state index >= 15 is 0 Å². The summed E-state index contributed by atoms with van der Waals surface area (Å²) in [5.41, 5.74) is 4.28. The molecule has 4 rings (SSSR count). The highest BCUT2D eigenvalue weighted by Gasteiger charge is 2.20. The minimum Gasteiger partial charge on any atom is -0.488 e. The molecular formula is C24H29N3O4S. The molecule has 0 spiro atoms. The van der Waals surface area contributed by atoms with E-state index in [0.29, 0.717) is 18.9 Å². The van der Waals surface area contributed by atoms with Crippen molar-refractivity contribution in [2.45, 2.75) is 50.7 Å². The largest absolute Gasteiger partial charge is 0.488 e. The standard InChI is InChI=1S/C24H29N3O4S/c1-15-12-19(16(2)26-21-6-4-5-7-24(21)32(25,28)29)20-14-23(17(3)27-22(20)13-15)31-18-8-10-30-11-9-18/h4-7,12-14,16,18,26H,8-11H2,1-3H3,(H2,25,28,29)/t16-/m0/s1. The molecule has 1 saturated heterocycles. The fraction of sp³-hybridized carbons (Fsp3) is 0.375. The zero-order valence-electron chi connectivity index (χ0n) is 18.6. The van der Waals surface area contributed by atoms with E-state index in [2.05, 4.69) is 17.4 Å². The number of nitrogens with zero attached hydrogens (tertiary/aromatic N) is 1. The zero-order valence-corrected chi connectivity index (χ0v) is 19.4. The van der Waals surface area contributed by atoms with E-state index in [-0.39, 0.29) is 17.0 Å². The summed E-state index contributed by atoms with van der Waals surface area (Å²) >= 11 is 0. The highest BCUT2D eigenvalue weighted by Crippen LogP contribution is 2.33. The van der Waals surface area contributed by atoms with Crippen LogP contribution in [0.5, 0.6) is 5.75 Å². The molecule has 0 aliphatic carbocycles. The summed E-state index contributed by atoms with van der Waals surface area (Å²) in [7, 11) is -3.85. The number of anilines is 1. The summed E-state index contributed by atoms with van der Waals surface area (Å²) in [5.74, 6) is 0.770.